The molecule has 0 aromatic heterocycles. The number of anilines is 1. The molecule has 1 aliphatic rings. The number of rotatable bonds is 6. The zero-order valence-electron chi connectivity index (χ0n) is 16.9. The predicted octanol–water partition coefficient (Wildman–Crippen LogP) is 3.24. The van der Waals surface area contributed by atoms with Crippen molar-refractivity contribution >= 4 is 27.6 Å². The minimum Gasteiger partial charge on any atom is -0.452 e. The quantitative estimate of drug-likeness (QED) is 0.680. The topological polar surface area (TPSA) is 92.8 Å². The van der Waals surface area contributed by atoms with E-state index in [2.05, 4.69) is 5.32 Å². The van der Waals surface area contributed by atoms with Crippen LogP contribution in [-0.2, 0) is 19.6 Å². The maximum absolute atomic E-state index is 14.2. The fourth-order valence-corrected chi connectivity index (χ4v) is 4.80. The van der Waals surface area contributed by atoms with Crippen LogP contribution in [0.15, 0.2) is 41.3 Å². The number of nitrogens with zero attached hydrogens (tertiary/aromatic N) is 1. The van der Waals surface area contributed by atoms with Crippen LogP contribution in [0.3, 0.4) is 0 Å². The van der Waals surface area contributed by atoms with E-state index in [9.17, 15) is 26.8 Å². The minimum absolute atomic E-state index is 0.0663. The summed E-state index contributed by atoms with van der Waals surface area (Å²) in [6.45, 7) is 1.54. The summed E-state index contributed by atoms with van der Waals surface area (Å²) in [4.78, 5) is 23.6. The van der Waals surface area contributed by atoms with E-state index in [4.69, 9.17) is 4.74 Å². The average Bonchev–Trinajstić information content (AvgIpc) is 2.75. The summed E-state index contributed by atoms with van der Waals surface area (Å²) < 4.78 is 59.6. The Kier molecular flexibility index (Phi) is 7.01. The van der Waals surface area contributed by atoms with E-state index in [1.165, 1.54) is 16.4 Å². The molecule has 1 aliphatic heterocycles. The second-order valence-corrected chi connectivity index (χ2v) is 9.12. The highest BCUT2D eigenvalue weighted by molar-refractivity contribution is 7.89. The van der Waals surface area contributed by atoms with Gasteiger partial charge in [0.2, 0.25) is 10.0 Å². The molecule has 7 nitrogen and oxygen atoms in total. The number of nitrogens with one attached hydrogen (secondary N) is 1. The minimum atomic E-state index is -4.10. The van der Waals surface area contributed by atoms with E-state index in [-0.39, 0.29) is 24.3 Å². The lowest BCUT2D eigenvalue weighted by Crippen LogP contribution is -2.36. The number of benzene rings is 2. The Morgan fingerprint density at radius 3 is 2.42 bits per heavy atom. The molecule has 166 valence electrons. The van der Waals surface area contributed by atoms with Gasteiger partial charge in [0.1, 0.15) is 16.5 Å². The fourth-order valence-electron chi connectivity index (χ4n) is 3.19. The lowest BCUT2D eigenvalue weighted by atomic mass is 10.2. The standard InChI is InChI=1S/C21H22F2N2O5S/c1-14-5-8-18(17(23)11-14)24-20(26)13-30-21(27)15-6-7-16(22)19(12-15)31(28,29)25-9-3-2-4-10-25/h5-8,11-12H,2-4,9-10,13H2,1H3,(H,24,26). The number of carbonyl (C=O) groups excluding carboxylic acids is 2. The lowest BCUT2D eigenvalue weighted by molar-refractivity contribution is -0.119. The molecule has 10 heteroatoms. The molecule has 1 saturated heterocycles. The maximum atomic E-state index is 14.2. The van der Waals surface area contributed by atoms with Gasteiger partial charge in [-0.05, 0) is 55.7 Å². The van der Waals surface area contributed by atoms with Crippen molar-refractivity contribution in [2.75, 3.05) is 25.0 Å². The highest BCUT2D eigenvalue weighted by Gasteiger charge is 2.29. The third-order valence-corrected chi connectivity index (χ3v) is 6.75. The van der Waals surface area contributed by atoms with Gasteiger partial charge in [0, 0.05) is 13.1 Å². The Morgan fingerprint density at radius 2 is 1.74 bits per heavy atom. The second kappa shape index (κ2) is 9.52. The summed E-state index contributed by atoms with van der Waals surface area (Å²) in [6.07, 6.45) is 2.26. The number of hydrogen-bond donors (Lipinski definition) is 1. The number of piperidine rings is 1. The fraction of sp³-hybridized carbons (Fsp3) is 0.333. The summed E-state index contributed by atoms with van der Waals surface area (Å²) in [6, 6.07) is 7.07. The van der Waals surface area contributed by atoms with Gasteiger partial charge in [0.15, 0.2) is 6.61 Å². The predicted molar refractivity (Wildman–Crippen MR) is 109 cm³/mol. The van der Waals surface area contributed by atoms with Gasteiger partial charge >= 0.3 is 5.97 Å². The van der Waals surface area contributed by atoms with Crippen LogP contribution in [0.25, 0.3) is 0 Å². The molecule has 0 atom stereocenters. The Hall–Kier alpha value is -2.85. The number of ether oxygens (including phenoxy) is 1. The molecule has 2 aromatic carbocycles. The van der Waals surface area contributed by atoms with Crippen LogP contribution in [0.1, 0.15) is 35.2 Å². The van der Waals surface area contributed by atoms with Crippen molar-refractivity contribution in [2.45, 2.75) is 31.1 Å². The third-order valence-electron chi connectivity index (χ3n) is 4.83. The van der Waals surface area contributed by atoms with E-state index >= 15 is 0 Å². The van der Waals surface area contributed by atoms with Crippen LogP contribution < -0.4 is 5.32 Å². The summed E-state index contributed by atoms with van der Waals surface area (Å²) in [5.74, 6) is -3.39. The average molecular weight is 452 g/mol. The summed E-state index contributed by atoms with van der Waals surface area (Å²) in [7, 11) is -4.10. The van der Waals surface area contributed by atoms with Gasteiger partial charge in [0.25, 0.3) is 5.91 Å². The van der Waals surface area contributed by atoms with Crippen LogP contribution in [0.5, 0.6) is 0 Å². The molecule has 0 radical (unpaired) electrons. The number of sulfonamides is 1. The highest BCUT2D eigenvalue weighted by Crippen LogP contribution is 2.24. The van der Waals surface area contributed by atoms with Crippen molar-refractivity contribution in [1.82, 2.24) is 4.31 Å². The molecule has 0 spiro atoms. The van der Waals surface area contributed by atoms with Gasteiger partial charge in [-0.1, -0.05) is 12.5 Å². The van der Waals surface area contributed by atoms with E-state index in [0.717, 1.165) is 24.6 Å². The van der Waals surface area contributed by atoms with Gasteiger partial charge in [-0.25, -0.2) is 22.0 Å². The lowest BCUT2D eigenvalue weighted by Gasteiger charge is -2.26. The molecular weight excluding hydrogens is 430 g/mol. The van der Waals surface area contributed by atoms with Crippen molar-refractivity contribution in [3.05, 3.63) is 59.2 Å². The van der Waals surface area contributed by atoms with Crippen molar-refractivity contribution in [1.29, 1.82) is 0 Å². The Labute approximate surface area is 179 Å². The number of halogens is 2. The molecule has 1 fully saturated rings. The number of aryl methyl sites for hydroxylation is 1. The van der Waals surface area contributed by atoms with Crippen molar-refractivity contribution < 1.29 is 31.5 Å². The van der Waals surface area contributed by atoms with Crippen LogP contribution in [0, 0.1) is 18.6 Å². The van der Waals surface area contributed by atoms with Crippen LogP contribution >= 0.6 is 0 Å². The van der Waals surface area contributed by atoms with E-state index < -0.39 is 45.0 Å². The molecular formula is C21H22F2N2O5S. The largest absolute Gasteiger partial charge is 0.452 e. The number of carbonyl (C=O) groups is 2. The molecule has 2 aromatic rings. The first-order valence-corrected chi connectivity index (χ1v) is 11.2. The first-order valence-electron chi connectivity index (χ1n) is 9.71. The zero-order valence-corrected chi connectivity index (χ0v) is 17.7. The van der Waals surface area contributed by atoms with Gasteiger partial charge in [-0.3, -0.25) is 4.79 Å². The summed E-state index contributed by atoms with van der Waals surface area (Å²) >= 11 is 0. The maximum Gasteiger partial charge on any atom is 0.338 e. The molecule has 1 heterocycles. The van der Waals surface area contributed by atoms with Crippen molar-refractivity contribution in [3.8, 4) is 0 Å². The molecule has 0 aliphatic carbocycles. The molecule has 0 unspecified atom stereocenters. The first kappa shape index (κ1) is 22.8. The van der Waals surface area contributed by atoms with Crippen LogP contribution in [0.4, 0.5) is 14.5 Å². The SMILES string of the molecule is Cc1ccc(NC(=O)COC(=O)c2ccc(F)c(S(=O)(=O)N3CCCCC3)c2)c(F)c1. The van der Waals surface area contributed by atoms with Crippen LogP contribution in [0.2, 0.25) is 0 Å². The number of amides is 1. The molecule has 1 amide bonds. The Morgan fingerprint density at radius 1 is 1.03 bits per heavy atom. The highest BCUT2D eigenvalue weighted by atomic mass is 32.2. The number of hydrogen-bond acceptors (Lipinski definition) is 5. The molecule has 0 saturated carbocycles. The van der Waals surface area contributed by atoms with Gasteiger partial charge in [-0.15, -0.1) is 0 Å². The monoisotopic (exact) mass is 452 g/mol. The first-order chi connectivity index (χ1) is 14.7. The normalized spacial score (nSPS) is 14.8. The molecule has 31 heavy (non-hydrogen) atoms. The third kappa shape index (κ3) is 5.45. The molecule has 3 rings (SSSR count). The molecule has 1 N–H and O–H groups in total. The van der Waals surface area contributed by atoms with E-state index in [1.54, 1.807) is 13.0 Å². The second-order valence-electron chi connectivity index (χ2n) is 7.22. The Bertz CT molecular complexity index is 1100. The van der Waals surface area contributed by atoms with Gasteiger partial charge in [0.05, 0.1) is 11.3 Å². The molecule has 0 bridgehead atoms. The van der Waals surface area contributed by atoms with E-state index in [0.29, 0.717) is 18.4 Å². The summed E-state index contributed by atoms with van der Waals surface area (Å²) in [5, 5.41) is 2.28. The van der Waals surface area contributed by atoms with Crippen LogP contribution in [-0.4, -0.2) is 44.3 Å². The summed E-state index contributed by atoms with van der Waals surface area (Å²) in [5.41, 5.74) is 0.392. The van der Waals surface area contributed by atoms with E-state index in [1.807, 2.05) is 0 Å². The van der Waals surface area contributed by atoms with Crippen molar-refractivity contribution in [2.24, 2.45) is 0 Å². The Balaban J connectivity index is 1.68. The van der Waals surface area contributed by atoms with Gasteiger partial charge in [-0.2, -0.15) is 4.31 Å². The number of esters is 1. The zero-order chi connectivity index (χ0) is 22.6. The smallest absolute Gasteiger partial charge is 0.338 e. The van der Waals surface area contributed by atoms with Gasteiger partial charge < -0.3 is 10.1 Å². The van der Waals surface area contributed by atoms with Crippen molar-refractivity contribution in [3.63, 3.8) is 0 Å².